The standard InChI is InChI=1S/C12H15N3O3/c1-12(2)8(9(12)11(17)18)10(16)14-5-7-3-4-13-6-15-7/h3-4,6,8-9H,5H2,1-2H3,(H,14,16)(H,17,18). The van der Waals surface area contributed by atoms with Crippen LogP contribution in [0.3, 0.4) is 0 Å². The Morgan fingerprint density at radius 2 is 2.17 bits per heavy atom. The topological polar surface area (TPSA) is 92.2 Å². The summed E-state index contributed by atoms with van der Waals surface area (Å²) in [5.41, 5.74) is 0.227. The molecule has 96 valence electrons. The molecule has 6 heteroatoms. The summed E-state index contributed by atoms with van der Waals surface area (Å²) in [6, 6.07) is 1.70. The zero-order valence-electron chi connectivity index (χ0n) is 10.3. The minimum absolute atomic E-state index is 0.231. The summed E-state index contributed by atoms with van der Waals surface area (Å²) < 4.78 is 0. The number of aliphatic carboxylic acids is 1. The number of rotatable bonds is 4. The third-order valence-corrected chi connectivity index (χ3v) is 3.46. The number of carboxylic acids is 1. The van der Waals surface area contributed by atoms with E-state index in [1.54, 1.807) is 26.1 Å². The summed E-state index contributed by atoms with van der Waals surface area (Å²) in [4.78, 5) is 30.6. The van der Waals surface area contributed by atoms with Gasteiger partial charge in [0.2, 0.25) is 5.91 Å². The molecule has 2 rings (SSSR count). The van der Waals surface area contributed by atoms with Gasteiger partial charge in [0, 0.05) is 6.20 Å². The summed E-state index contributed by atoms with van der Waals surface area (Å²) in [6.45, 7) is 3.88. The fourth-order valence-electron chi connectivity index (χ4n) is 2.30. The number of carbonyl (C=O) groups is 2. The van der Waals surface area contributed by atoms with Gasteiger partial charge in [-0.25, -0.2) is 9.97 Å². The SMILES string of the molecule is CC1(C)C(C(=O)O)C1C(=O)NCc1ccncn1. The number of nitrogens with zero attached hydrogens (tertiary/aromatic N) is 2. The Bertz CT molecular complexity index is 473. The lowest BCUT2D eigenvalue weighted by atomic mass is 10.1. The maximum absolute atomic E-state index is 11.9. The first-order valence-corrected chi connectivity index (χ1v) is 5.70. The molecule has 1 aromatic heterocycles. The number of hydrogen-bond donors (Lipinski definition) is 2. The van der Waals surface area contributed by atoms with Crippen molar-refractivity contribution < 1.29 is 14.7 Å². The zero-order chi connectivity index (χ0) is 13.3. The minimum atomic E-state index is -0.915. The maximum atomic E-state index is 11.9. The molecule has 1 aliphatic carbocycles. The first-order valence-electron chi connectivity index (χ1n) is 5.70. The van der Waals surface area contributed by atoms with E-state index in [9.17, 15) is 9.59 Å². The highest BCUT2D eigenvalue weighted by Gasteiger charge is 2.65. The molecule has 0 aliphatic heterocycles. The summed E-state index contributed by atoms with van der Waals surface area (Å²) in [5, 5.41) is 11.7. The lowest BCUT2D eigenvalue weighted by molar-refractivity contribution is -0.140. The molecule has 1 saturated carbocycles. The smallest absolute Gasteiger partial charge is 0.307 e. The highest BCUT2D eigenvalue weighted by atomic mass is 16.4. The van der Waals surface area contributed by atoms with Crippen LogP contribution in [0.25, 0.3) is 0 Å². The Morgan fingerprint density at radius 1 is 1.44 bits per heavy atom. The van der Waals surface area contributed by atoms with Gasteiger partial charge in [-0.3, -0.25) is 9.59 Å². The largest absolute Gasteiger partial charge is 0.481 e. The minimum Gasteiger partial charge on any atom is -0.481 e. The number of nitrogens with one attached hydrogen (secondary N) is 1. The van der Waals surface area contributed by atoms with Crippen molar-refractivity contribution in [3.05, 3.63) is 24.3 Å². The van der Waals surface area contributed by atoms with Gasteiger partial charge in [-0.05, 0) is 11.5 Å². The van der Waals surface area contributed by atoms with Gasteiger partial charge in [0.15, 0.2) is 0 Å². The Balaban J connectivity index is 1.93. The molecule has 1 aromatic rings. The van der Waals surface area contributed by atoms with Crippen molar-refractivity contribution in [1.29, 1.82) is 0 Å². The van der Waals surface area contributed by atoms with Crippen molar-refractivity contribution >= 4 is 11.9 Å². The van der Waals surface area contributed by atoms with Crippen LogP contribution in [0, 0.1) is 17.3 Å². The van der Waals surface area contributed by atoms with Crippen LogP contribution in [-0.4, -0.2) is 27.0 Å². The Morgan fingerprint density at radius 3 is 2.67 bits per heavy atom. The molecule has 0 radical (unpaired) electrons. The van der Waals surface area contributed by atoms with Crippen molar-refractivity contribution in [2.24, 2.45) is 17.3 Å². The van der Waals surface area contributed by atoms with Crippen molar-refractivity contribution in [2.45, 2.75) is 20.4 Å². The van der Waals surface area contributed by atoms with Gasteiger partial charge in [-0.2, -0.15) is 0 Å². The Labute approximate surface area is 104 Å². The van der Waals surface area contributed by atoms with Crippen LogP contribution in [0.4, 0.5) is 0 Å². The average Bonchev–Trinajstić information content (AvgIpc) is 2.91. The number of amides is 1. The first kappa shape index (κ1) is 12.5. The van der Waals surface area contributed by atoms with E-state index < -0.39 is 23.2 Å². The molecule has 6 nitrogen and oxygen atoms in total. The second-order valence-corrected chi connectivity index (χ2v) is 5.03. The van der Waals surface area contributed by atoms with Crippen LogP contribution >= 0.6 is 0 Å². The Kier molecular flexibility index (Phi) is 3.02. The van der Waals surface area contributed by atoms with E-state index in [1.807, 2.05) is 0 Å². The van der Waals surface area contributed by atoms with E-state index >= 15 is 0 Å². The molecule has 0 spiro atoms. The Hall–Kier alpha value is -1.98. The number of carboxylic acid groups (broad SMARTS) is 1. The zero-order valence-corrected chi connectivity index (χ0v) is 10.3. The van der Waals surface area contributed by atoms with Gasteiger partial charge in [0.05, 0.1) is 24.1 Å². The molecular weight excluding hydrogens is 234 g/mol. The third-order valence-electron chi connectivity index (χ3n) is 3.46. The van der Waals surface area contributed by atoms with Gasteiger partial charge in [-0.1, -0.05) is 13.8 Å². The predicted molar refractivity (Wildman–Crippen MR) is 62.3 cm³/mol. The molecular formula is C12H15N3O3. The fourth-order valence-corrected chi connectivity index (χ4v) is 2.30. The first-order chi connectivity index (χ1) is 8.44. The lowest BCUT2D eigenvalue weighted by Crippen LogP contribution is -2.27. The molecule has 2 N–H and O–H groups in total. The molecule has 1 fully saturated rings. The van der Waals surface area contributed by atoms with Crippen LogP contribution in [0.5, 0.6) is 0 Å². The summed E-state index contributed by atoms with van der Waals surface area (Å²) in [6.07, 6.45) is 3.00. The van der Waals surface area contributed by atoms with Gasteiger partial charge in [0.1, 0.15) is 6.33 Å². The molecule has 2 atom stereocenters. The monoisotopic (exact) mass is 249 g/mol. The van der Waals surface area contributed by atoms with Gasteiger partial charge >= 0.3 is 5.97 Å². The molecule has 0 aromatic carbocycles. The van der Waals surface area contributed by atoms with E-state index in [4.69, 9.17) is 5.11 Å². The average molecular weight is 249 g/mol. The van der Waals surface area contributed by atoms with E-state index in [0.717, 1.165) is 0 Å². The molecule has 1 aliphatic rings. The van der Waals surface area contributed by atoms with Crippen molar-refractivity contribution in [3.63, 3.8) is 0 Å². The van der Waals surface area contributed by atoms with E-state index in [2.05, 4.69) is 15.3 Å². The number of hydrogen-bond acceptors (Lipinski definition) is 4. The van der Waals surface area contributed by atoms with Gasteiger partial charge < -0.3 is 10.4 Å². The summed E-state index contributed by atoms with van der Waals surface area (Å²) in [5.74, 6) is -2.20. The fraction of sp³-hybridized carbons (Fsp3) is 0.500. The van der Waals surface area contributed by atoms with Crippen LogP contribution < -0.4 is 5.32 Å². The van der Waals surface area contributed by atoms with Crippen molar-refractivity contribution in [1.82, 2.24) is 15.3 Å². The normalized spacial score (nSPS) is 24.3. The van der Waals surface area contributed by atoms with Crippen LogP contribution in [0.1, 0.15) is 19.5 Å². The summed E-state index contributed by atoms with van der Waals surface area (Å²) >= 11 is 0. The molecule has 1 amide bonds. The molecule has 2 unspecified atom stereocenters. The molecule has 18 heavy (non-hydrogen) atoms. The number of aromatic nitrogens is 2. The quantitative estimate of drug-likeness (QED) is 0.808. The van der Waals surface area contributed by atoms with Gasteiger partial charge in [-0.15, -0.1) is 0 Å². The van der Waals surface area contributed by atoms with Crippen molar-refractivity contribution in [2.75, 3.05) is 0 Å². The van der Waals surface area contributed by atoms with Crippen LogP contribution in [-0.2, 0) is 16.1 Å². The maximum Gasteiger partial charge on any atom is 0.307 e. The lowest BCUT2D eigenvalue weighted by Gasteiger charge is -2.05. The van der Waals surface area contributed by atoms with E-state index in [1.165, 1.54) is 6.33 Å². The molecule has 1 heterocycles. The molecule has 0 bridgehead atoms. The molecule has 0 saturated heterocycles. The predicted octanol–water partition coefficient (Wildman–Crippen LogP) is 0.450. The highest BCUT2D eigenvalue weighted by Crippen LogP contribution is 2.58. The van der Waals surface area contributed by atoms with Gasteiger partial charge in [0.25, 0.3) is 0 Å². The van der Waals surface area contributed by atoms with E-state index in [-0.39, 0.29) is 5.91 Å². The van der Waals surface area contributed by atoms with E-state index in [0.29, 0.717) is 12.2 Å². The number of carbonyl (C=O) groups excluding carboxylic acids is 1. The van der Waals surface area contributed by atoms with Crippen LogP contribution in [0.2, 0.25) is 0 Å². The van der Waals surface area contributed by atoms with Crippen molar-refractivity contribution in [3.8, 4) is 0 Å². The second kappa shape index (κ2) is 4.36. The third kappa shape index (κ3) is 2.18. The van der Waals surface area contributed by atoms with Crippen LogP contribution in [0.15, 0.2) is 18.6 Å². The second-order valence-electron chi connectivity index (χ2n) is 5.03. The summed E-state index contributed by atoms with van der Waals surface area (Å²) in [7, 11) is 0. The highest BCUT2D eigenvalue weighted by molar-refractivity contribution is 5.91.